The maximum absolute atomic E-state index is 10.6. The standard InChI is InChI=1S/C8H10O4/c1-3-4-8(2,7(11)12)5-6(9)10/h1H,4-5H2,2H3,(H,9,10)(H,11,12). The van der Waals surface area contributed by atoms with Gasteiger partial charge in [0.05, 0.1) is 11.8 Å². The Balaban J connectivity index is 4.52. The summed E-state index contributed by atoms with van der Waals surface area (Å²) in [6, 6.07) is 0. The molecule has 0 bridgehead atoms. The molecule has 0 fully saturated rings. The molecule has 2 N–H and O–H groups in total. The van der Waals surface area contributed by atoms with Gasteiger partial charge in [-0.25, -0.2) is 0 Å². The van der Waals surface area contributed by atoms with Crippen LogP contribution in [-0.4, -0.2) is 22.2 Å². The average Bonchev–Trinajstić information content (AvgIpc) is 1.85. The lowest BCUT2D eigenvalue weighted by atomic mass is 9.84. The fourth-order valence-electron chi connectivity index (χ4n) is 0.773. The molecule has 0 heterocycles. The number of rotatable bonds is 4. The predicted octanol–water partition coefficient (Wildman–Crippen LogP) is 0.575. The molecule has 0 spiro atoms. The highest BCUT2D eigenvalue weighted by molar-refractivity contribution is 5.81. The Bertz CT molecular complexity index is 238. The summed E-state index contributed by atoms with van der Waals surface area (Å²) in [7, 11) is 0. The zero-order valence-electron chi connectivity index (χ0n) is 6.70. The lowest BCUT2D eigenvalue weighted by Crippen LogP contribution is -2.29. The van der Waals surface area contributed by atoms with Crippen LogP contribution in [0.3, 0.4) is 0 Å². The summed E-state index contributed by atoms with van der Waals surface area (Å²) >= 11 is 0. The second kappa shape index (κ2) is 3.77. The van der Waals surface area contributed by atoms with Gasteiger partial charge in [-0.05, 0) is 6.92 Å². The Morgan fingerprint density at radius 2 is 2.00 bits per heavy atom. The van der Waals surface area contributed by atoms with Crippen LogP contribution in [0.25, 0.3) is 0 Å². The van der Waals surface area contributed by atoms with Crippen LogP contribution in [0.5, 0.6) is 0 Å². The molecule has 0 aliphatic rings. The molecule has 4 nitrogen and oxygen atoms in total. The number of terminal acetylenes is 1. The highest BCUT2D eigenvalue weighted by Gasteiger charge is 2.34. The second-order valence-corrected chi connectivity index (χ2v) is 2.82. The van der Waals surface area contributed by atoms with Crippen LogP contribution in [0.4, 0.5) is 0 Å². The minimum atomic E-state index is -1.35. The van der Waals surface area contributed by atoms with E-state index in [1.54, 1.807) is 0 Å². The van der Waals surface area contributed by atoms with Crippen molar-refractivity contribution in [3.05, 3.63) is 0 Å². The van der Waals surface area contributed by atoms with Gasteiger partial charge in [-0.2, -0.15) is 0 Å². The lowest BCUT2D eigenvalue weighted by Gasteiger charge is -2.19. The van der Waals surface area contributed by atoms with E-state index in [0.717, 1.165) is 0 Å². The number of hydrogen-bond donors (Lipinski definition) is 2. The zero-order chi connectivity index (χ0) is 9.78. The third-order valence-corrected chi connectivity index (χ3v) is 1.55. The van der Waals surface area contributed by atoms with E-state index in [2.05, 4.69) is 5.92 Å². The predicted molar refractivity (Wildman–Crippen MR) is 41.4 cm³/mol. The fourth-order valence-corrected chi connectivity index (χ4v) is 0.773. The van der Waals surface area contributed by atoms with E-state index in [1.165, 1.54) is 6.92 Å². The molecule has 12 heavy (non-hydrogen) atoms. The van der Waals surface area contributed by atoms with Gasteiger partial charge in [0.15, 0.2) is 0 Å². The third kappa shape index (κ3) is 2.62. The largest absolute Gasteiger partial charge is 0.481 e. The number of hydrogen-bond acceptors (Lipinski definition) is 2. The topological polar surface area (TPSA) is 74.6 Å². The number of aliphatic carboxylic acids is 2. The highest BCUT2D eigenvalue weighted by Crippen LogP contribution is 2.25. The Labute approximate surface area is 70.2 Å². The Morgan fingerprint density at radius 3 is 2.25 bits per heavy atom. The summed E-state index contributed by atoms with van der Waals surface area (Å²) in [6.07, 6.45) is 4.40. The first kappa shape index (κ1) is 10.5. The van der Waals surface area contributed by atoms with E-state index in [9.17, 15) is 9.59 Å². The molecule has 0 aromatic heterocycles. The van der Waals surface area contributed by atoms with Gasteiger partial charge in [0, 0.05) is 6.42 Å². The van der Waals surface area contributed by atoms with Crippen molar-refractivity contribution < 1.29 is 19.8 Å². The van der Waals surface area contributed by atoms with Crippen molar-refractivity contribution in [2.45, 2.75) is 19.8 Å². The molecular weight excluding hydrogens is 160 g/mol. The van der Waals surface area contributed by atoms with Gasteiger partial charge in [-0.3, -0.25) is 9.59 Å². The van der Waals surface area contributed by atoms with Crippen molar-refractivity contribution in [1.82, 2.24) is 0 Å². The van der Waals surface area contributed by atoms with Gasteiger partial charge in [-0.15, -0.1) is 12.3 Å². The van der Waals surface area contributed by atoms with Crippen LogP contribution < -0.4 is 0 Å². The van der Waals surface area contributed by atoms with Crippen LogP contribution in [-0.2, 0) is 9.59 Å². The van der Waals surface area contributed by atoms with Crippen molar-refractivity contribution >= 4 is 11.9 Å². The van der Waals surface area contributed by atoms with Crippen LogP contribution in [0.15, 0.2) is 0 Å². The Hall–Kier alpha value is -1.50. The fraction of sp³-hybridized carbons (Fsp3) is 0.500. The van der Waals surface area contributed by atoms with Crippen LogP contribution in [0.2, 0.25) is 0 Å². The van der Waals surface area contributed by atoms with E-state index in [-0.39, 0.29) is 6.42 Å². The lowest BCUT2D eigenvalue weighted by molar-refractivity contribution is -0.154. The molecule has 0 aliphatic carbocycles. The summed E-state index contributed by atoms with van der Waals surface area (Å²) in [5.41, 5.74) is -1.35. The molecule has 0 radical (unpaired) electrons. The van der Waals surface area contributed by atoms with Crippen LogP contribution in [0, 0.1) is 17.8 Å². The minimum Gasteiger partial charge on any atom is -0.481 e. The first-order valence-corrected chi connectivity index (χ1v) is 3.31. The van der Waals surface area contributed by atoms with E-state index < -0.39 is 23.8 Å². The van der Waals surface area contributed by atoms with Gasteiger partial charge >= 0.3 is 11.9 Å². The molecule has 0 rings (SSSR count). The molecule has 0 aromatic carbocycles. The number of carboxylic acids is 2. The minimum absolute atomic E-state index is 0.0748. The average molecular weight is 170 g/mol. The molecule has 66 valence electrons. The Morgan fingerprint density at radius 1 is 1.50 bits per heavy atom. The quantitative estimate of drug-likeness (QED) is 0.605. The first-order valence-electron chi connectivity index (χ1n) is 3.31. The molecule has 0 saturated carbocycles. The smallest absolute Gasteiger partial charge is 0.310 e. The molecule has 1 atom stereocenters. The van der Waals surface area contributed by atoms with Crippen molar-refractivity contribution in [2.75, 3.05) is 0 Å². The molecular formula is C8H10O4. The molecule has 1 unspecified atom stereocenters. The first-order chi connectivity index (χ1) is 5.42. The normalized spacial score (nSPS) is 14.3. The summed E-state index contributed by atoms with van der Waals surface area (Å²) in [4.78, 5) is 20.9. The van der Waals surface area contributed by atoms with Crippen molar-refractivity contribution in [3.8, 4) is 12.3 Å². The van der Waals surface area contributed by atoms with Crippen molar-refractivity contribution in [1.29, 1.82) is 0 Å². The van der Waals surface area contributed by atoms with Crippen LogP contribution in [0.1, 0.15) is 19.8 Å². The van der Waals surface area contributed by atoms with E-state index in [1.807, 2.05) is 0 Å². The number of carboxylic acid groups (broad SMARTS) is 2. The molecule has 0 aromatic rings. The molecule has 0 saturated heterocycles. The maximum Gasteiger partial charge on any atom is 0.310 e. The summed E-state index contributed by atoms with van der Waals surface area (Å²) in [5, 5.41) is 17.0. The van der Waals surface area contributed by atoms with Crippen molar-refractivity contribution in [2.24, 2.45) is 5.41 Å². The van der Waals surface area contributed by atoms with Gasteiger partial charge in [0.2, 0.25) is 0 Å². The van der Waals surface area contributed by atoms with Crippen molar-refractivity contribution in [3.63, 3.8) is 0 Å². The van der Waals surface area contributed by atoms with Gasteiger partial charge in [0.1, 0.15) is 0 Å². The number of carbonyl (C=O) groups is 2. The van der Waals surface area contributed by atoms with Crippen LogP contribution >= 0.6 is 0 Å². The summed E-state index contributed by atoms with van der Waals surface area (Å²) < 4.78 is 0. The van der Waals surface area contributed by atoms with E-state index >= 15 is 0 Å². The third-order valence-electron chi connectivity index (χ3n) is 1.55. The Kier molecular flexibility index (Phi) is 3.30. The summed E-state index contributed by atoms with van der Waals surface area (Å²) in [5.74, 6) is -0.184. The zero-order valence-corrected chi connectivity index (χ0v) is 6.70. The van der Waals surface area contributed by atoms with Gasteiger partial charge in [-0.1, -0.05) is 0 Å². The van der Waals surface area contributed by atoms with E-state index in [0.29, 0.717) is 0 Å². The monoisotopic (exact) mass is 170 g/mol. The van der Waals surface area contributed by atoms with Gasteiger partial charge < -0.3 is 10.2 Å². The highest BCUT2D eigenvalue weighted by atomic mass is 16.4. The summed E-state index contributed by atoms with van der Waals surface area (Å²) in [6.45, 7) is 1.32. The molecule has 0 aliphatic heterocycles. The van der Waals surface area contributed by atoms with Gasteiger partial charge in [0.25, 0.3) is 0 Å². The SMILES string of the molecule is C#CCC(C)(CC(=O)O)C(=O)O. The maximum atomic E-state index is 10.6. The van der Waals surface area contributed by atoms with E-state index in [4.69, 9.17) is 16.6 Å². The molecule has 4 heteroatoms. The molecule has 0 amide bonds. The second-order valence-electron chi connectivity index (χ2n) is 2.82.